The third-order valence-electron chi connectivity index (χ3n) is 4.41. The van der Waals surface area contributed by atoms with Crippen molar-refractivity contribution in [3.05, 3.63) is 39.9 Å². The van der Waals surface area contributed by atoms with Crippen molar-refractivity contribution in [1.82, 2.24) is 10.6 Å². The van der Waals surface area contributed by atoms with Crippen molar-refractivity contribution >= 4 is 11.6 Å². The fraction of sp³-hybridized carbons (Fsp3) is 0.588. The van der Waals surface area contributed by atoms with Crippen LogP contribution in [0.15, 0.2) is 29.3 Å². The minimum atomic E-state index is -0.352. The van der Waals surface area contributed by atoms with Crippen molar-refractivity contribution in [2.24, 2.45) is 10.9 Å². The summed E-state index contributed by atoms with van der Waals surface area (Å²) < 4.78 is 0. The Kier molecular flexibility index (Phi) is 6.84. The lowest BCUT2D eigenvalue weighted by atomic mass is 10.0. The molecule has 0 spiro atoms. The molecule has 1 aromatic carbocycles. The van der Waals surface area contributed by atoms with Crippen LogP contribution >= 0.6 is 0 Å². The third kappa shape index (κ3) is 5.54. The van der Waals surface area contributed by atoms with Crippen LogP contribution in [0.3, 0.4) is 0 Å². The average Bonchev–Trinajstić information content (AvgIpc) is 3.07. The van der Waals surface area contributed by atoms with Gasteiger partial charge in [0, 0.05) is 31.8 Å². The molecule has 0 aliphatic heterocycles. The number of para-hydroxylation sites is 1. The van der Waals surface area contributed by atoms with Crippen LogP contribution in [-0.4, -0.2) is 24.5 Å². The molecule has 1 aromatic rings. The monoisotopic (exact) mass is 318 g/mol. The standard InChI is InChI=1S/C17H26N4O2/c1-18-17(19-12-6-9-14-7-2-3-8-14)20-13-15-10-4-5-11-16(15)21(22)23/h4-5,10-11,14H,2-3,6-9,12-13H2,1H3,(H2,18,19,20). The highest BCUT2D eigenvalue weighted by molar-refractivity contribution is 5.79. The molecule has 0 atom stereocenters. The van der Waals surface area contributed by atoms with Gasteiger partial charge in [-0.25, -0.2) is 0 Å². The first-order chi connectivity index (χ1) is 11.2. The van der Waals surface area contributed by atoms with Gasteiger partial charge in [0.2, 0.25) is 0 Å². The Morgan fingerprint density at radius 1 is 1.30 bits per heavy atom. The molecule has 2 rings (SSSR count). The molecule has 23 heavy (non-hydrogen) atoms. The van der Waals surface area contributed by atoms with E-state index in [0.717, 1.165) is 18.9 Å². The van der Waals surface area contributed by atoms with E-state index >= 15 is 0 Å². The molecule has 6 heteroatoms. The molecule has 0 saturated heterocycles. The quantitative estimate of drug-likeness (QED) is 0.266. The highest BCUT2D eigenvalue weighted by Crippen LogP contribution is 2.28. The highest BCUT2D eigenvalue weighted by atomic mass is 16.6. The van der Waals surface area contributed by atoms with Crippen LogP contribution in [-0.2, 0) is 6.54 Å². The molecule has 1 aliphatic carbocycles. The molecule has 0 heterocycles. The fourth-order valence-electron chi connectivity index (χ4n) is 3.13. The normalized spacial score (nSPS) is 15.6. The average molecular weight is 318 g/mol. The summed E-state index contributed by atoms with van der Waals surface area (Å²) in [5, 5.41) is 17.4. The number of nitrogens with one attached hydrogen (secondary N) is 2. The van der Waals surface area contributed by atoms with E-state index in [1.54, 1.807) is 19.2 Å². The number of guanidine groups is 1. The van der Waals surface area contributed by atoms with Crippen LogP contribution in [0.4, 0.5) is 5.69 Å². The van der Waals surface area contributed by atoms with Gasteiger partial charge in [0.1, 0.15) is 0 Å². The lowest BCUT2D eigenvalue weighted by Gasteiger charge is -2.13. The van der Waals surface area contributed by atoms with E-state index < -0.39 is 0 Å². The van der Waals surface area contributed by atoms with E-state index in [1.807, 2.05) is 6.07 Å². The number of hydrogen-bond acceptors (Lipinski definition) is 3. The Hall–Kier alpha value is -2.11. The van der Waals surface area contributed by atoms with Crippen LogP contribution in [0.5, 0.6) is 0 Å². The van der Waals surface area contributed by atoms with Crippen molar-refractivity contribution in [1.29, 1.82) is 0 Å². The SMILES string of the molecule is CN=C(NCCCC1CCCC1)NCc1ccccc1[N+](=O)[O-]. The van der Waals surface area contributed by atoms with Gasteiger partial charge in [-0.1, -0.05) is 43.9 Å². The summed E-state index contributed by atoms with van der Waals surface area (Å²) in [4.78, 5) is 14.8. The predicted octanol–water partition coefficient (Wildman–Crippen LogP) is 3.23. The Bertz CT molecular complexity index is 539. The second-order valence-corrected chi connectivity index (χ2v) is 6.03. The highest BCUT2D eigenvalue weighted by Gasteiger charge is 2.14. The van der Waals surface area contributed by atoms with Crippen LogP contribution < -0.4 is 10.6 Å². The van der Waals surface area contributed by atoms with Gasteiger partial charge >= 0.3 is 0 Å². The molecule has 1 saturated carbocycles. The molecule has 0 aromatic heterocycles. The van der Waals surface area contributed by atoms with Gasteiger partial charge in [-0.2, -0.15) is 0 Å². The second kappa shape index (κ2) is 9.12. The van der Waals surface area contributed by atoms with Crippen LogP contribution in [0.1, 0.15) is 44.1 Å². The third-order valence-corrected chi connectivity index (χ3v) is 4.41. The molecule has 126 valence electrons. The van der Waals surface area contributed by atoms with Crippen molar-refractivity contribution in [3.8, 4) is 0 Å². The van der Waals surface area contributed by atoms with Gasteiger partial charge in [-0.05, 0) is 18.8 Å². The van der Waals surface area contributed by atoms with E-state index in [0.29, 0.717) is 18.1 Å². The number of benzene rings is 1. The van der Waals surface area contributed by atoms with Crippen LogP contribution in [0.25, 0.3) is 0 Å². The summed E-state index contributed by atoms with van der Waals surface area (Å²) >= 11 is 0. The Morgan fingerprint density at radius 3 is 2.74 bits per heavy atom. The number of nitro benzene ring substituents is 1. The first kappa shape index (κ1) is 17.2. The Labute approximate surface area is 137 Å². The number of aliphatic imine (C=N–C) groups is 1. The van der Waals surface area contributed by atoms with E-state index in [4.69, 9.17) is 0 Å². The van der Waals surface area contributed by atoms with E-state index in [-0.39, 0.29) is 10.6 Å². The van der Waals surface area contributed by atoms with E-state index in [2.05, 4.69) is 15.6 Å². The molecule has 1 fully saturated rings. The topological polar surface area (TPSA) is 79.6 Å². The molecule has 0 bridgehead atoms. The Balaban J connectivity index is 1.73. The molecule has 0 unspecified atom stereocenters. The largest absolute Gasteiger partial charge is 0.356 e. The molecule has 0 radical (unpaired) electrons. The van der Waals surface area contributed by atoms with Gasteiger partial charge in [0.25, 0.3) is 5.69 Å². The number of hydrogen-bond donors (Lipinski definition) is 2. The molecule has 1 aliphatic rings. The zero-order chi connectivity index (χ0) is 16.5. The summed E-state index contributed by atoms with van der Waals surface area (Å²) in [5.74, 6) is 1.59. The maximum Gasteiger partial charge on any atom is 0.274 e. The van der Waals surface area contributed by atoms with Crippen molar-refractivity contribution in [3.63, 3.8) is 0 Å². The zero-order valence-corrected chi connectivity index (χ0v) is 13.8. The molecule has 6 nitrogen and oxygen atoms in total. The number of rotatable bonds is 7. The number of nitro groups is 1. The molecular weight excluding hydrogens is 292 g/mol. The van der Waals surface area contributed by atoms with E-state index in [9.17, 15) is 10.1 Å². The summed E-state index contributed by atoms with van der Waals surface area (Å²) in [6.07, 6.45) is 7.94. The molecular formula is C17H26N4O2. The van der Waals surface area contributed by atoms with Crippen molar-refractivity contribution in [2.75, 3.05) is 13.6 Å². The first-order valence-corrected chi connectivity index (χ1v) is 8.37. The lowest BCUT2D eigenvalue weighted by Crippen LogP contribution is -2.37. The molecule has 0 amide bonds. The summed E-state index contributed by atoms with van der Waals surface area (Å²) in [6.45, 7) is 1.27. The van der Waals surface area contributed by atoms with Gasteiger partial charge < -0.3 is 10.6 Å². The van der Waals surface area contributed by atoms with E-state index in [1.165, 1.54) is 38.2 Å². The van der Waals surface area contributed by atoms with Crippen LogP contribution in [0, 0.1) is 16.0 Å². The second-order valence-electron chi connectivity index (χ2n) is 6.03. The first-order valence-electron chi connectivity index (χ1n) is 8.37. The maximum absolute atomic E-state index is 11.0. The lowest BCUT2D eigenvalue weighted by molar-refractivity contribution is -0.385. The van der Waals surface area contributed by atoms with Gasteiger partial charge in [0.15, 0.2) is 5.96 Å². The van der Waals surface area contributed by atoms with Gasteiger partial charge in [-0.15, -0.1) is 0 Å². The number of nitrogens with zero attached hydrogens (tertiary/aromatic N) is 2. The van der Waals surface area contributed by atoms with Gasteiger partial charge in [0.05, 0.1) is 4.92 Å². The van der Waals surface area contributed by atoms with Crippen molar-refractivity contribution < 1.29 is 4.92 Å². The maximum atomic E-state index is 11.0. The Morgan fingerprint density at radius 2 is 2.04 bits per heavy atom. The van der Waals surface area contributed by atoms with Crippen LogP contribution in [0.2, 0.25) is 0 Å². The minimum Gasteiger partial charge on any atom is -0.356 e. The smallest absolute Gasteiger partial charge is 0.274 e. The summed E-state index contributed by atoms with van der Waals surface area (Å²) in [7, 11) is 1.71. The summed E-state index contributed by atoms with van der Waals surface area (Å²) in [5.41, 5.74) is 0.795. The fourth-order valence-corrected chi connectivity index (χ4v) is 3.13. The van der Waals surface area contributed by atoms with Crippen molar-refractivity contribution in [2.45, 2.75) is 45.1 Å². The molecule has 2 N–H and O–H groups in total. The minimum absolute atomic E-state index is 0.136. The predicted molar refractivity (Wildman–Crippen MR) is 92.5 cm³/mol. The summed E-state index contributed by atoms with van der Waals surface area (Å²) in [6, 6.07) is 6.77. The van der Waals surface area contributed by atoms with Gasteiger partial charge in [-0.3, -0.25) is 15.1 Å². The zero-order valence-electron chi connectivity index (χ0n) is 13.8.